The molecule has 0 bridgehead atoms. The SMILES string of the molecule is CCN1CCN(Cc2ccc(Nc3cc(-c4ccc(C)cc4)nc4ccnn34)nc2)CC1. The number of aryl methyl sites for hydroxylation is 1. The van der Waals surface area contributed by atoms with Crippen LogP contribution in [0.5, 0.6) is 0 Å². The Kier molecular flexibility index (Phi) is 5.83. The van der Waals surface area contributed by atoms with E-state index in [0.717, 1.165) is 67.8 Å². The highest BCUT2D eigenvalue weighted by atomic mass is 15.3. The number of likely N-dealkylation sites (N-methyl/N-ethyl adjacent to an activating group) is 1. The molecule has 164 valence electrons. The van der Waals surface area contributed by atoms with E-state index in [1.165, 1.54) is 11.1 Å². The van der Waals surface area contributed by atoms with Crippen molar-refractivity contribution in [1.82, 2.24) is 29.4 Å². The summed E-state index contributed by atoms with van der Waals surface area (Å²) in [7, 11) is 0. The predicted octanol–water partition coefficient (Wildman–Crippen LogP) is 3.98. The van der Waals surface area contributed by atoms with E-state index in [-0.39, 0.29) is 0 Å². The highest BCUT2D eigenvalue weighted by Gasteiger charge is 2.15. The molecule has 0 unspecified atom stereocenters. The van der Waals surface area contributed by atoms with Crippen LogP contribution in [0.2, 0.25) is 0 Å². The molecular formula is C25H29N7. The normalized spacial score (nSPS) is 15.3. The van der Waals surface area contributed by atoms with Gasteiger partial charge in [-0.05, 0) is 25.1 Å². The van der Waals surface area contributed by atoms with Gasteiger partial charge in [0.2, 0.25) is 0 Å². The summed E-state index contributed by atoms with van der Waals surface area (Å²) in [6.45, 7) is 10.9. The Balaban J connectivity index is 1.33. The monoisotopic (exact) mass is 427 g/mol. The number of rotatable bonds is 6. The van der Waals surface area contributed by atoms with E-state index in [0.29, 0.717) is 0 Å². The van der Waals surface area contributed by atoms with Crippen molar-refractivity contribution in [2.24, 2.45) is 0 Å². The number of nitrogens with zero attached hydrogens (tertiary/aromatic N) is 6. The van der Waals surface area contributed by atoms with Gasteiger partial charge in [-0.2, -0.15) is 9.61 Å². The van der Waals surface area contributed by atoms with E-state index in [4.69, 9.17) is 4.98 Å². The third kappa shape index (κ3) is 4.49. The molecule has 7 heteroatoms. The minimum atomic E-state index is 0.794. The van der Waals surface area contributed by atoms with Gasteiger partial charge in [0.1, 0.15) is 11.6 Å². The summed E-state index contributed by atoms with van der Waals surface area (Å²) in [5.41, 5.74) is 5.25. The smallest absolute Gasteiger partial charge is 0.157 e. The summed E-state index contributed by atoms with van der Waals surface area (Å²) in [4.78, 5) is 14.4. The van der Waals surface area contributed by atoms with Gasteiger partial charge in [0.15, 0.2) is 5.65 Å². The zero-order valence-electron chi connectivity index (χ0n) is 18.7. The Morgan fingerprint density at radius 2 is 1.72 bits per heavy atom. The van der Waals surface area contributed by atoms with E-state index >= 15 is 0 Å². The first-order valence-electron chi connectivity index (χ1n) is 11.3. The van der Waals surface area contributed by atoms with Crippen molar-refractivity contribution in [1.29, 1.82) is 0 Å². The molecule has 3 aromatic heterocycles. The molecule has 1 fully saturated rings. The number of pyridine rings is 1. The van der Waals surface area contributed by atoms with Gasteiger partial charge in [-0.25, -0.2) is 9.97 Å². The van der Waals surface area contributed by atoms with Gasteiger partial charge < -0.3 is 10.2 Å². The molecule has 0 saturated carbocycles. The van der Waals surface area contributed by atoms with Crippen LogP contribution in [-0.2, 0) is 6.54 Å². The molecule has 1 aliphatic heterocycles. The van der Waals surface area contributed by atoms with Crippen molar-refractivity contribution in [3.63, 3.8) is 0 Å². The molecule has 4 aromatic rings. The van der Waals surface area contributed by atoms with Gasteiger partial charge in [-0.1, -0.05) is 42.8 Å². The molecular weight excluding hydrogens is 398 g/mol. The van der Waals surface area contributed by atoms with Crippen LogP contribution in [0.3, 0.4) is 0 Å². The zero-order chi connectivity index (χ0) is 21.9. The second-order valence-electron chi connectivity index (χ2n) is 8.38. The molecule has 0 radical (unpaired) electrons. The lowest BCUT2D eigenvalue weighted by Crippen LogP contribution is -2.45. The molecule has 7 nitrogen and oxygen atoms in total. The molecule has 5 rings (SSSR count). The number of piperazine rings is 1. The van der Waals surface area contributed by atoms with Gasteiger partial charge in [0, 0.05) is 56.6 Å². The molecule has 0 amide bonds. The maximum Gasteiger partial charge on any atom is 0.157 e. The van der Waals surface area contributed by atoms with Crippen LogP contribution in [0.1, 0.15) is 18.1 Å². The second kappa shape index (κ2) is 9.06. The summed E-state index contributed by atoms with van der Waals surface area (Å²) in [6, 6.07) is 16.5. The predicted molar refractivity (Wildman–Crippen MR) is 128 cm³/mol. The minimum absolute atomic E-state index is 0.794. The van der Waals surface area contributed by atoms with E-state index in [2.05, 4.69) is 69.4 Å². The molecule has 0 aliphatic carbocycles. The number of aromatic nitrogens is 4. The Labute approximate surface area is 188 Å². The Bertz CT molecular complexity index is 1170. The third-order valence-electron chi connectivity index (χ3n) is 6.11. The quantitative estimate of drug-likeness (QED) is 0.502. The summed E-state index contributed by atoms with van der Waals surface area (Å²) >= 11 is 0. The fourth-order valence-electron chi connectivity index (χ4n) is 4.12. The lowest BCUT2D eigenvalue weighted by molar-refractivity contribution is 0.132. The highest BCUT2D eigenvalue weighted by Crippen LogP contribution is 2.24. The number of anilines is 2. The maximum atomic E-state index is 4.76. The first kappa shape index (κ1) is 20.6. The van der Waals surface area contributed by atoms with Crippen molar-refractivity contribution < 1.29 is 0 Å². The zero-order valence-corrected chi connectivity index (χ0v) is 18.7. The molecule has 0 atom stereocenters. The van der Waals surface area contributed by atoms with Crippen molar-refractivity contribution in [2.75, 3.05) is 38.0 Å². The third-order valence-corrected chi connectivity index (χ3v) is 6.11. The number of nitrogens with one attached hydrogen (secondary N) is 1. The van der Waals surface area contributed by atoms with Crippen LogP contribution in [0.4, 0.5) is 11.6 Å². The lowest BCUT2D eigenvalue weighted by atomic mass is 10.1. The average molecular weight is 428 g/mol. The van der Waals surface area contributed by atoms with Gasteiger partial charge in [-0.3, -0.25) is 4.90 Å². The van der Waals surface area contributed by atoms with Gasteiger partial charge in [0.05, 0.1) is 11.9 Å². The number of benzene rings is 1. The van der Waals surface area contributed by atoms with Crippen LogP contribution in [0, 0.1) is 6.92 Å². The van der Waals surface area contributed by atoms with Gasteiger partial charge >= 0.3 is 0 Å². The van der Waals surface area contributed by atoms with Crippen molar-refractivity contribution >= 4 is 17.3 Å². The topological polar surface area (TPSA) is 61.6 Å². The first-order chi connectivity index (χ1) is 15.7. The largest absolute Gasteiger partial charge is 0.325 e. The number of fused-ring (bicyclic) bond motifs is 1. The molecule has 1 N–H and O–H groups in total. The van der Waals surface area contributed by atoms with Gasteiger partial charge in [-0.15, -0.1) is 0 Å². The van der Waals surface area contributed by atoms with Crippen LogP contribution in [-0.4, -0.2) is 62.1 Å². The van der Waals surface area contributed by atoms with Crippen molar-refractivity contribution in [2.45, 2.75) is 20.4 Å². The van der Waals surface area contributed by atoms with E-state index in [1.807, 2.05) is 24.4 Å². The van der Waals surface area contributed by atoms with Crippen molar-refractivity contribution in [3.8, 4) is 11.3 Å². The summed E-state index contributed by atoms with van der Waals surface area (Å²) in [6.07, 6.45) is 3.73. The summed E-state index contributed by atoms with van der Waals surface area (Å²) < 4.78 is 1.81. The second-order valence-corrected chi connectivity index (χ2v) is 8.38. The summed E-state index contributed by atoms with van der Waals surface area (Å²) in [5.74, 6) is 1.63. The molecule has 32 heavy (non-hydrogen) atoms. The first-order valence-corrected chi connectivity index (χ1v) is 11.3. The standard InChI is InChI=1S/C25H29N7/c1-3-30-12-14-31(15-13-30)18-20-6-9-23(26-17-20)29-25-16-22(21-7-4-19(2)5-8-21)28-24-10-11-27-32(24)25/h4-11,16-17H,3,12-15,18H2,1-2H3,(H,26,29). The number of hydrogen-bond donors (Lipinski definition) is 1. The van der Waals surface area contributed by atoms with Crippen LogP contribution in [0.15, 0.2) is 60.9 Å². The van der Waals surface area contributed by atoms with Gasteiger partial charge in [0.25, 0.3) is 0 Å². The molecule has 1 aliphatic rings. The van der Waals surface area contributed by atoms with Crippen LogP contribution in [0.25, 0.3) is 16.9 Å². The fraction of sp³-hybridized carbons (Fsp3) is 0.320. The highest BCUT2D eigenvalue weighted by molar-refractivity contribution is 5.68. The van der Waals surface area contributed by atoms with Crippen LogP contribution < -0.4 is 5.32 Å². The number of hydrogen-bond acceptors (Lipinski definition) is 6. The average Bonchev–Trinajstić information content (AvgIpc) is 3.30. The Morgan fingerprint density at radius 3 is 2.44 bits per heavy atom. The summed E-state index contributed by atoms with van der Waals surface area (Å²) in [5, 5.41) is 7.85. The van der Waals surface area contributed by atoms with E-state index in [1.54, 1.807) is 10.7 Å². The Hall–Kier alpha value is -3.29. The molecule has 1 aromatic carbocycles. The fourth-order valence-corrected chi connectivity index (χ4v) is 4.12. The minimum Gasteiger partial charge on any atom is -0.325 e. The maximum absolute atomic E-state index is 4.76. The van der Waals surface area contributed by atoms with E-state index < -0.39 is 0 Å². The molecule has 0 spiro atoms. The molecule has 4 heterocycles. The Morgan fingerprint density at radius 1 is 0.938 bits per heavy atom. The van der Waals surface area contributed by atoms with E-state index in [9.17, 15) is 0 Å². The van der Waals surface area contributed by atoms with Crippen LogP contribution >= 0.6 is 0 Å². The molecule has 1 saturated heterocycles. The lowest BCUT2D eigenvalue weighted by Gasteiger charge is -2.33. The van der Waals surface area contributed by atoms with Crippen molar-refractivity contribution in [3.05, 3.63) is 72.1 Å².